The molecule has 2 rings (SSSR count). The van der Waals surface area contributed by atoms with E-state index in [0.717, 1.165) is 32.4 Å². The van der Waals surface area contributed by atoms with Gasteiger partial charge in [-0.2, -0.15) is 17.0 Å². The fraction of sp³-hybridized carbons (Fsp3) is 1.00. The van der Waals surface area contributed by atoms with Crippen LogP contribution in [-0.2, 0) is 10.2 Å². The molecule has 2 fully saturated rings. The van der Waals surface area contributed by atoms with E-state index in [0.29, 0.717) is 37.4 Å². The van der Waals surface area contributed by atoms with Gasteiger partial charge in [0.15, 0.2) is 0 Å². The largest absolute Gasteiger partial charge is 0.316 e. The molecule has 0 radical (unpaired) electrons. The van der Waals surface area contributed by atoms with Gasteiger partial charge in [0.2, 0.25) is 0 Å². The zero-order valence-corrected chi connectivity index (χ0v) is 14.5. The zero-order valence-electron chi connectivity index (χ0n) is 13.7. The Morgan fingerprint density at radius 1 is 1.38 bits per heavy atom. The summed E-state index contributed by atoms with van der Waals surface area (Å²) < 4.78 is 28.6. The van der Waals surface area contributed by atoms with E-state index >= 15 is 0 Å². The highest BCUT2D eigenvalue weighted by Gasteiger charge is 2.38. The Balaban J connectivity index is 1.86. The molecule has 3 atom stereocenters. The zero-order chi connectivity index (χ0) is 15.5. The predicted octanol–water partition coefficient (Wildman–Crippen LogP) is 1.53. The normalized spacial score (nSPS) is 30.8. The van der Waals surface area contributed by atoms with Crippen LogP contribution in [0.2, 0.25) is 0 Å². The summed E-state index contributed by atoms with van der Waals surface area (Å²) in [6.45, 7) is 8.32. The van der Waals surface area contributed by atoms with E-state index in [1.807, 2.05) is 0 Å². The quantitative estimate of drug-likeness (QED) is 0.691. The van der Waals surface area contributed by atoms with Gasteiger partial charge >= 0.3 is 0 Å². The summed E-state index contributed by atoms with van der Waals surface area (Å²) in [5.74, 6) is 1.71. The van der Waals surface area contributed by atoms with Crippen LogP contribution in [0.4, 0.5) is 0 Å². The van der Waals surface area contributed by atoms with Crippen LogP contribution in [0.1, 0.15) is 39.5 Å². The summed E-state index contributed by atoms with van der Waals surface area (Å²) in [4.78, 5) is 0. The Hall–Kier alpha value is -0.170. The molecule has 0 aromatic rings. The lowest BCUT2D eigenvalue weighted by molar-refractivity contribution is 0.245. The van der Waals surface area contributed by atoms with Gasteiger partial charge < -0.3 is 5.32 Å². The van der Waals surface area contributed by atoms with Crippen LogP contribution in [0.25, 0.3) is 0 Å². The molecule has 0 amide bonds. The third-order valence-corrected chi connectivity index (χ3v) is 6.75. The number of piperidine rings is 1. The molecule has 0 aromatic heterocycles. The minimum Gasteiger partial charge on any atom is -0.316 e. The SMILES string of the molecule is CCCNCC1CCCN(S(=O)(=O)N(C)CC2CC2C)C1. The molecule has 0 bridgehead atoms. The summed E-state index contributed by atoms with van der Waals surface area (Å²) in [5, 5.41) is 3.42. The van der Waals surface area contributed by atoms with E-state index in [1.54, 1.807) is 15.7 Å². The molecular weight excluding hydrogens is 286 g/mol. The molecule has 21 heavy (non-hydrogen) atoms. The molecule has 1 saturated carbocycles. The monoisotopic (exact) mass is 317 g/mol. The molecular formula is C15H31N3O2S. The molecule has 0 spiro atoms. The van der Waals surface area contributed by atoms with Gasteiger partial charge in [-0.3, -0.25) is 0 Å². The van der Waals surface area contributed by atoms with Gasteiger partial charge in [0.1, 0.15) is 0 Å². The van der Waals surface area contributed by atoms with Crippen molar-refractivity contribution in [2.24, 2.45) is 17.8 Å². The summed E-state index contributed by atoms with van der Waals surface area (Å²) in [7, 11) is -1.53. The first kappa shape index (κ1) is 17.2. The van der Waals surface area contributed by atoms with E-state index in [-0.39, 0.29) is 0 Å². The van der Waals surface area contributed by atoms with Crippen LogP contribution in [0.3, 0.4) is 0 Å². The number of nitrogens with zero attached hydrogens (tertiary/aromatic N) is 2. The average Bonchev–Trinajstić information content (AvgIpc) is 3.14. The molecule has 1 N–H and O–H groups in total. The second kappa shape index (κ2) is 7.40. The molecule has 1 aliphatic heterocycles. The minimum atomic E-state index is -3.27. The molecule has 5 nitrogen and oxygen atoms in total. The van der Waals surface area contributed by atoms with Crippen molar-refractivity contribution >= 4 is 10.2 Å². The van der Waals surface area contributed by atoms with Gasteiger partial charge in [-0.15, -0.1) is 0 Å². The number of rotatable bonds is 8. The summed E-state index contributed by atoms with van der Waals surface area (Å²) >= 11 is 0. The molecule has 1 heterocycles. The summed E-state index contributed by atoms with van der Waals surface area (Å²) in [6.07, 6.45) is 4.40. The first-order chi connectivity index (χ1) is 9.95. The van der Waals surface area contributed by atoms with Crippen molar-refractivity contribution in [1.29, 1.82) is 0 Å². The van der Waals surface area contributed by atoms with Crippen molar-refractivity contribution in [2.45, 2.75) is 39.5 Å². The highest BCUT2D eigenvalue weighted by molar-refractivity contribution is 7.86. The van der Waals surface area contributed by atoms with Crippen LogP contribution < -0.4 is 5.32 Å². The Morgan fingerprint density at radius 2 is 2.10 bits per heavy atom. The highest BCUT2D eigenvalue weighted by Crippen LogP contribution is 2.38. The minimum absolute atomic E-state index is 0.452. The van der Waals surface area contributed by atoms with Gasteiger partial charge in [-0.1, -0.05) is 13.8 Å². The van der Waals surface area contributed by atoms with Crippen LogP contribution >= 0.6 is 0 Å². The molecule has 1 saturated heterocycles. The fourth-order valence-electron chi connectivity index (χ4n) is 3.16. The lowest BCUT2D eigenvalue weighted by Crippen LogP contribution is -2.48. The van der Waals surface area contributed by atoms with Crippen molar-refractivity contribution < 1.29 is 8.42 Å². The van der Waals surface area contributed by atoms with Crippen molar-refractivity contribution in [3.63, 3.8) is 0 Å². The molecule has 1 aliphatic carbocycles. The Bertz CT molecular complexity index is 427. The molecule has 124 valence electrons. The standard InChI is InChI=1S/C15H31N3O2S/c1-4-7-16-10-14-6-5-8-18(11-14)21(19,20)17(3)12-15-9-13(15)2/h13-16H,4-12H2,1-3H3. The van der Waals surface area contributed by atoms with E-state index in [1.165, 1.54) is 6.42 Å². The third-order valence-electron chi connectivity index (χ3n) is 4.83. The Labute approximate surface area is 130 Å². The van der Waals surface area contributed by atoms with Gasteiger partial charge in [-0.05, 0) is 56.5 Å². The average molecular weight is 317 g/mol. The van der Waals surface area contributed by atoms with Crippen LogP contribution in [-0.4, -0.2) is 56.8 Å². The maximum absolute atomic E-state index is 12.7. The smallest absolute Gasteiger partial charge is 0.281 e. The van der Waals surface area contributed by atoms with E-state index < -0.39 is 10.2 Å². The van der Waals surface area contributed by atoms with Crippen molar-refractivity contribution in [1.82, 2.24) is 13.9 Å². The molecule has 6 heteroatoms. The van der Waals surface area contributed by atoms with Crippen molar-refractivity contribution in [3.05, 3.63) is 0 Å². The first-order valence-corrected chi connectivity index (χ1v) is 9.77. The Kier molecular flexibility index (Phi) is 6.05. The van der Waals surface area contributed by atoms with Crippen LogP contribution in [0.5, 0.6) is 0 Å². The number of hydrogen-bond acceptors (Lipinski definition) is 3. The van der Waals surface area contributed by atoms with Gasteiger partial charge in [0, 0.05) is 26.7 Å². The highest BCUT2D eigenvalue weighted by atomic mass is 32.2. The van der Waals surface area contributed by atoms with Crippen LogP contribution in [0.15, 0.2) is 0 Å². The number of hydrogen-bond donors (Lipinski definition) is 1. The maximum atomic E-state index is 12.7. The maximum Gasteiger partial charge on any atom is 0.281 e. The van der Waals surface area contributed by atoms with Crippen molar-refractivity contribution in [2.75, 3.05) is 39.8 Å². The van der Waals surface area contributed by atoms with Gasteiger partial charge in [0.25, 0.3) is 10.2 Å². The second-order valence-electron chi connectivity index (χ2n) is 6.83. The number of nitrogens with one attached hydrogen (secondary N) is 1. The lowest BCUT2D eigenvalue weighted by atomic mass is 10.00. The summed E-state index contributed by atoms with van der Waals surface area (Å²) in [5.41, 5.74) is 0. The van der Waals surface area contributed by atoms with E-state index in [4.69, 9.17) is 0 Å². The Morgan fingerprint density at radius 3 is 2.71 bits per heavy atom. The van der Waals surface area contributed by atoms with Gasteiger partial charge in [0.05, 0.1) is 0 Å². The lowest BCUT2D eigenvalue weighted by Gasteiger charge is -2.34. The first-order valence-electron chi connectivity index (χ1n) is 8.37. The summed E-state index contributed by atoms with van der Waals surface area (Å²) in [6, 6.07) is 0. The third kappa shape index (κ3) is 4.65. The van der Waals surface area contributed by atoms with Gasteiger partial charge in [-0.25, -0.2) is 0 Å². The van der Waals surface area contributed by atoms with E-state index in [2.05, 4.69) is 19.2 Å². The fourth-order valence-corrected chi connectivity index (χ4v) is 4.69. The topological polar surface area (TPSA) is 52.7 Å². The molecule has 0 aromatic carbocycles. The van der Waals surface area contributed by atoms with Crippen LogP contribution in [0, 0.1) is 17.8 Å². The molecule has 3 unspecified atom stereocenters. The molecule has 2 aliphatic rings. The second-order valence-corrected chi connectivity index (χ2v) is 8.87. The van der Waals surface area contributed by atoms with E-state index in [9.17, 15) is 8.42 Å². The predicted molar refractivity (Wildman–Crippen MR) is 86.3 cm³/mol. The van der Waals surface area contributed by atoms with Crippen molar-refractivity contribution in [3.8, 4) is 0 Å².